The molecule has 7 heteroatoms. The van der Waals surface area contributed by atoms with Crippen LogP contribution in [0.5, 0.6) is 0 Å². The zero-order valence-corrected chi connectivity index (χ0v) is 17.2. The summed E-state index contributed by atoms with van der Waals surface area (Å²) in [5.74, 6) is 0.752. The average Bonchev–Trinajstić information content (AvgIpc) is 3.07. The summed E-state index contributed by atoms with van der Waals surface area (Å²) < 4.78 is 11.2. The van der Waals surface area contributed by atoms with Gasteiger partial charge in [-0.05, 0) is 18.4 Å². The second-order valence-corrected chi connectivity index (χ2v) is 6.17. The van der Waals surface area contributed by atoms with Crippen molar-refractivity contribution in [2.45, 2.75) is 19.4 Å². The number of aliphatic hydroxyl groups is 1. The van der Waals surface area contributed by atoms with Gasteiger partial charge < -0.3 is 25.2 Å². The molecule has 1 fully saturated rings. The Morgan fingerprint density at radius 2 is 2.12 bits per heavy atom. The van der Waals surface area contributed by atoms with E-state index in [4.69, 9.17) is 9.47 Å². The van der Waals surface area contributed by atoms with Gasteiger partial charge in [0.05, 0.1) is 19.8 Å². The smallest absolute Gasteiger partial charge is 0.191 e. The molecule has 0 aromatic heterocycles. The summed E-state index contributed by atoms with van der Waals surface area (Å²) >= 11 is 0. The van der Waals surface area contributed by atoms with Crippen molar-refractivity contribution in [2.24, 2.45) is 10.4 Å². The Morgan fingerprint density at radius 3 is 2.76 bits per heavy atom. The third kappa shape index (κ3) is 7.89. The van der Waals surface area contributed by atoms with E-state index in [1.807, 2.05) is 18.2 Å². The second-order valence-electron chi connectivity index (χ2n) is 6.17. The molecule has 0 aliphatic carbocycles. The minimum atomic E-state index is 0. The zero-order valence-electron chi connectivity index (χ0n) is 14.9. The highest BCUT2D eigenvalue weighted by atomic mass is 127. The normalized spacial score (nSPS) is 20.2. The summed E-state index contributed by atoms with van der Waals surface area (Å²) in [7, 11) is 1.75. The lowest BCUT2D eigenvalue weighted by molar-refractivity contribution is 0.124. The predicted molar refractivity (Wildman–Crippen MR) is 110 cm³/mol. The lowest BCUT2D eigenvalue weighted by atomic mass is 9.84. The molecule has 0 spiro atoms. The van der Waals surface area contributed by atoms with Crippen molar-refractivity contribution in [3.63, 3.8) is 0 Å². The van der Waals surface area contributed by atoms with Crippen molar-refractivity contribution in [1.82, 2.24) is 10.6 Å². The fourth-order valence-electron chi connectivity index (χ4n) is 2.81. The third-order valence-electron chi connectivity index (χ3n) is 4.33. The molecule has 1 atom stereocenters. The quantitative estimate of drug-likeness (QED) is 0.225. The van der Waals surface area contributed by atoms with E-state index in [9.17, 15) is 5.11 Å². The summed E-state index contributed by atoms with van der Waals surface area (Å²) in [6.45, 7) is 4.31. The Morgan fingerprint density at radius 1 is 1.32 bits per heavy atom. The van der Waals surface area contributed by atoms with Crippen LogP contribution in [0.1, 0.15) is 18.4 Å². The topological polar surface area (TPSA) is 75.1 Å². The molecule has 0 saturated carbocycles. The summed E-state index contributed by atoms with van der Waals surface area (Å²) in [4.78, 5) is 4.23. The fourth-order valence-corrected chi connectivity index (χ4v) is 2.81. The van der Waals surface area contributed by atoms with E-state index in [1.165, 1.54) is 5.56 Å². The molecule has 0 amide bonds. The molecule has 142 valence electrons. The van der Waals surface area contributed by atoms with Gasteiger partial charge in [0, 0.05) is 38.8 Å². The number of rotatable bonds is 9. The molecule has 1 unspecified atom stereocenters. The maximum atomic E-state index is 9.26. The van der Waals surface area contributed by atoms with E-state index >= 15 is 0 Å². The summed E-state index contributed by atoms with van der Waals surface area (Å²) in [6.07, 6.45) is 1.72. The first kappa shape index (κ1) is 22.1. The number of hydrogen-bond acceptors (Lipinski definition) is 4. The lowest BCUT2D eigenvalue weighted by Crippen LogP contribution is -2.45. The number of halogens is 1. The Bertz CT molecular complexity index is 494. The number of nitrogens with zero attached hydrogens (tertiary/aromatic N) is 1. The molecule has 1 aliphatic heterocycles. The molecule has 1 heterocycles. The molecule has 0 radical (unpaired) electrons. The standard InChI is InChI=1S/C18H29N3O3.HI/c1-19-17(21-14-18(7-10-22)8-11-24-15-18)20-9-12-23-13-16-5-3-2-4-6-16;/h2-6,22H,7-15H2,1H3,(H2,19,20,21);1H. The Balaban J connectivity index is 0.00000312. The summed E-state index contributed by atoms with van der Waals surface area (Å²) in [6, 6.07) is 10.1. The molecule has 1 aliphatic rings. The molecule has 25 heavy (non-hydrogen) atoms. The average molecular weight is 463 g/mol. The molecule has 1 aromatic carbocycles. The first-order valence-electron chi connectivity index (χ1n) is 8.53. The van der Waals surface area contributed by atoms with Crippen molar-refractivity contribution < 1.29 is 14.6 Å². The number of aliphatic imine (C=N–C) groups is 1. The SMILES string of the molecule is CN=C(NCCOCc1ccccc1)NCC1(CCO)CCOC1.I. The van der Waals surface area contributed by atoms with E-state index in [2.05, 4.69) is 27.8 Å². The molecule has 2 rings (SSSR count). The number of aliphatic hydroxyl groups excluding tert-OH is 1. The predicted octanol–water partition coefficient (Wildman–Crippen LogP) is 1.78. The van der Waals surface area contributed by atoms with E-state index in [0.717, 1.165) is 32.0 Å². The van der Waals surface area contributed by atoms with Gasteiger partial charge in [-0.2, -0.15) is 0 Å². The lowest BCUT2D eigenvalue weighted by Gasteiger charge is -2.27. The van der Waals surface area contributed by atoms with Crippen molar-refractivity contribution >= 4 is 29.9 Å². The Hall–Kier alpha value is -0.900. The fraction of sp³-hybridized carbons (Fsp3) is 0.611. The minimum Gasteiger partial charge on any atom is -0.396 e. The van der Waals surface area contributed by atoms with Gasteiger partial charge in [0.15, 0.2) is 5.96 Å². The van der Waals surface area contributed by atoms with Crippen LogP contribution in [-0.4, -0.2) is 57.6 Å². The maximum Gasteiger partial charge on any atom is 0.191 e. The highest BCUT2D eigenvalue weighted by Crippen LogP contribution is 2.31. The molecule has 1 saturated heterocycles. The minimum absolute atomic E-state index is 0. The largest absolute Gasteiger partial charge is 0.396 e. The van der Waals surface area contributed by atoms with Crippen LogP contribution in [0.4, 0.5) is 0 Å². The summed E-state index contributed by atoms with van der Waals surface area (Å²) in [5.41, 5.74) is 1.18. The van der Waals surface area contributed by atoms with E-state index in [0.29, 0.717) is 26.4 Å². The van der Waals surface area contributed by atoms with Crippen LogP contribution in [-0.2, 0) is 16.1 Å². The first-order valence-corrected chi connectivity index (χ1v) is 8.53. The highest BCUT2D eigenvalue weighted by molar-refractivity contribution is 14.0. The van der Waals surface area contributed by atoms with Crippen molar-refractivity contribution in [3.8, 4) is 0 Å². The number of ether oxygens (including phenoxy) is 2. The van der Waals surface area contributed by atoms with E-state index < -0.39 is 0 Å². The van der Waals surface area contributed by atoms with Gasteiger partial charge in [-0.1, -0.05) is 30.3 Å². The number of guanidine groups is 1. The van der Waals surface area contributed by atoms with Gasteiger partial charge in [0.1, 0.15) is 0 Å². The highest BCUT2D eigenvalue weighted by Gasteiger charge is 2.34. The summed E-state index contributed by atoms with van der Waals surface area (Å²) in [5, 5.41) is 15.9. The van der Waals surface area contributed by atoms with E-state index in [-0.39, 0.29) is 36.0 Å². The molecule has 6 nitrogen and oxygen atoms in total. The molecule has 3 N–H and O–H groups in total. The molecular weight excluding hydrogens is 433 g/mol. The Labute approximate surface area is 167 Å². The third-order valence-corrected chi connectivity index (χ3v) is 4.33. The van der Waals surface area contributed by atoms with Gasteiger partial charge in [-0.15, -0.1) is 24.0 Å². The van der Waals surface area contributed by atoms with Crippen LogP contribution in [0.2, 0.25) is 0 Å². The van der Waals surface area contributed by atoms with Crippen molar-refractivity contribution in [2.75, 3.05) is 46.6 Å². The van der Waals surface area contributed by atoms with Crippen molar-refractivity contribution in [3.05, 3.63) is 35.9 Å². The van der Waals surface area contributed by atoms with E-state index in [1.54, 1.807) is 7.05 Å². The van der Waals surface area contributed by atoms with Crippen LogP contribution in [0.25, 0.3) is 0 Å². The van der Waals surface area contributed by atoms with Crippen LogP contribution in [0.3, 0.4) is 0 Å². The first-order chi connectivity index (χ1) is 11.8. The second kappa shape index (κ2) is 12.5. The van der Waals surface area contributed by atoms with Crippen molar-refractivity contribution in [1.29, 1.82) is 0 Å². The van der Waals surface area contributed by atoms with Gasteiger partial charge in [-0.3, -0.25) is 4.99 Å². The van der Waals surface area contributed by atoms with Gasteiger partial charge in [-0.25, -0.2) is 0 Å². The van der Waals surface area contributed by atoms with Crippen LogP contribution in [0, 0.1) is 5.41 Å². The molecule has 0 bridgehead atoms. The monoisotopic (exact) mass is 463 g/mol. The molecular formula is C18H30IN3O3. The van der Waals surface area contributed by atoms with Gasteiger partial charge in [0.2, 0.25) is 0 Å². The zero-order chi connectivity index (χ0) is 17.1. The molecule has 1 aromatic rings. The number of hydrogen-bond donors (Lipinski definition) is 3. The maximum absolute atomic E-state index is 9.26. The van der Waals surface area contributed by atoms with Crippen LogP contribution >= 0.6 is 24.0 Å². The number of nitrogens with one attached hydrogen (secondary N) is 2. The van der Waals surface area contributed by atoms with Gasteiger partial charge >= 0.3 is 0 Å². The van der Waals surface area contributed by atoms with Gasteiger partial charge in [0.25, 0.3) is 0 Å². The number of benzene rings is 1. The Kier molecular flexibility index (Phi) is 11.0. The van der Waals surface area contributed by atoms with Crippen LogP contribution in [0.15, 0.2) is 35.3 Å². The van der Waals surface area contributed by atoms with Crippen LogP contribution < -0.4 is 10.6 Å².